The Bertz CT molecular complexity index is 938. The number of carbonyl (C=O) groups excluding carboxylic acids is 1. The summed E-state index contributed by atoms with van der Waals surface area (Å²) in [4.78, 5) is 47.4. The van der Waals surface area contributed by atoms with Gasteiger partial charge in [-0.15, -0.1) is 0 Å². The van der Waals surface area contributed by atoms with Crippen LogP contribution in [0, 0.1) is 0 Å². The normalized spacial score (nSPS) is 35.5. The van der Waals surface area contributed by atoms with E-state index in [0.717, 1.165) is 17.2 Å². The number of phosphoric acid groups is 3. The molecule has 0 aliphatic carbocycles. The van der Waals surface area contributed by atoms with Crippen LogP contribution in [0.3, 0.4) is 0 Å². The molecule has 0 spiro atoms. The molecule has 2 aliphatic rings. The molecule has 2 heterocycles. The molecular formula is C11H17F2N2O13P3. The van der Waals surface area contributed by atoms with Crippen LogP contribution >= 0.6 is 23.5 Å². The lowest BCUT2D eigenvalue weighted by atomic mass is 9.96. The average Bonchev–Trinajstić information content (AvgIpc) is 2.71. The number of phosphoric ester groups is 1. The van der Waals surface area contributed by atoms with Crippen molar-refractivity contribution in [3.05, 3.63) is 24.7 Å². The molecule has 1 fully saturated rings. The second kappa shape index (κ2) is 8.37. The summed E-state index contributed by atoms with van der Waals surface area (Å²) in [6, 6.07) is 0. The molecule has 0 aromatic rings. The van der Waals surface area contributed by atoms with E-state index in [-0.39, 0.29) is 5.82 Å². The van der Waals surface area contributed by atoms with Crippen molar-refractivity contribution < 1.29 is 69.8 Å². The molecule has 1 amide bonds. The molecule has 178 valence electrons. The van der Waals surface area contributed by atoms with Gasteiger partial charge in [0.15, 0.2) is 18.0 Å². The topological polar surface area (TPSA) is 222 Å². The smallest absolute Gasteiger partial charge is 0.384 e. The highest BCUT2D eigenvalue weighted by Gasteiger charge is 2.66. The highest BCUT2D eigenvalue weighted by atomic mass is 31.3. The minimum atomic E-state index is -5.88. The molecule has 2 unspecified atom stereocenters. The van der Waals surface area contributed by atoms with Crippen LogP contribution < -0.4 is 5.32 Å². The zero-order valence-corrected chi connectivity index (χ0v) is 18.0. The van der Waals surface area contributed by atoms with Crippen LogP contribution in [0.15, 0.2) is 24.7 Å². The monoisotopic (exact) mass is 516 g/mol. The number of nitrogens with zero attached hydrogens (tertiary/aromatic N) is 1. The Morgan fingerprint density at radius 1 is 1.23 bits per heavy atom. The molecule has 6 atom stereocenters. The van der Waals surface area contributed by atoms with Crippen molar-refractivity contribution in [3.8, 4) is 0 Å². The standard InChI is InChI=1S/C11H17F2N2O13P3/c1-6-14-7(16)3-4-15(6)9-10(2,12)8(17)11(13,26-9)5-25-30(21,22)28-31(23,24)27-29(18,19)20/h3-4,8-9,17H,1,5H2,2H3,(H,14,16)(H,21,22)(H,23,24)(H2,18,19,20)/t8-,9+,10+,11+/m0/s1. The fourth-order valence-corrected chi connectivity index (χ4v) is 5.58. The molecule has 0 radical (unpaired) electrons. The maximum atomic E-state index is 15.1. The molecule has 1 saturated heterocycles. The van der Waals surface area contributed by atoms with E-state index in [1.54, 1.807) is 0 Å². The number of hydrogen-bond donors (Lipinski definition) is 6. The Hall–Kier alpha value is -1.06. The molecule has 0 aromatic carbocycles. The number of hydrogen-bond acceptors (Lipinski definition) is 10. The van der Waals surface area contributed by atoms with E-state index >= 15 is 8.78 Å². The van der Waals surface area contributed by atoms with Gasteiger partial charge in [0.05, 0.1) is 0 Å². The lowest BCUT2D eigenvalue weighted by molar-refractivity contribution is -0.207. The van der Waals surface area contributed by atoms with Gasteiger partial charge in [0, 0.05) is 12.3 Å². The lowest BCUT2D eigenvalue weighted by Crippen LogP contribution is -2.51. The number of halogens is 2. The van der Waals surface area contributed by atoms with Gasteiger partial charge in [-0.25, -0.2) is 22.5 Å². The molecule has 0 bridgehead atoms. The summed E-state index contributed by atoms with van der Waals surface area (Å²) < 4.78 is 79.4. The molecule has 6 N–H and O–H groups in total. The van der Waals surface area contributed by atoms with Crippen molar-refractivity contribution in [3.63, 3.8) is 0 Å². The molecule has 20 heteroatoms. The fraction of sp³-hybridized carbons (Fsp3) is 0.545. The number of aliphatic hydroxyl groups excluding tert-OH is 1. The third-order valence-corrected chi connectivity index (χ3v) is 7.57. The number of rotatable bonds is 8. The van der Waals surface area contributed by atoms with Crippen molar-refractivity contribution in [1.82, 2.24) is 10.2 Å². The summed E-state index contributed by atoms with van der Waals surface area (Å²) >= 11 is 0. The predicted molar refractivity (Wildman–Crippen MR) is 92.3 cm³/mol. The molecule has 31 heavy (non-hydrogen) atoms. The Morgan fingerprint density at radius 3 is 2.32 bits per heavy atom. The summed E-state index contributed by atoms with van der Waals surface area (Å²) in [5.41, 5.74) is -2.93. The Labute approximate surface area is 172 Å². The first-order valence-electron chi connectivity index (χ1n) is 7.76. The van der Waals surface area contributed by atoms with Gasteiger partial charge in [-0.1, -0.05) is 6.58 Å². The highest BCUT2D eigenvalue weighted by molar-refractivity contribution is 7.66. The van der Waals surface area contributed by atoms with E-state index < -0.39 is 59.8 Å². The van der Waals surface area contributed by atoms with E-state index in [9.17, 15) is 28.5 Å². The van der Waals surface area contributed by atoms with Crippen molar-refractivity contribution in [2.75, 3.05) is 6.61 Å². The maximum Gasteiger partial charge on any atom is 0.490 e. The molecule has 0 aromatic heterocycles. The van der Waals surface area contributed by atoms with Crippen LogP contribution in [-0.2, 0) is 36.4 Å². The minimum Gasteiger partial charge on any atom is -0.384 e. The fourth-order valence-electron chi connectivity index (χ4n) is 2.54. The van der Waals surface area contributed by atoms with Gasteiger partial charge in [0.1, 0.15) is 12.4 Å². The van der Waals surface area contributed by atoms with Crippen LogP contribution in [0.5, 0.6) is 0 Å². The van der Waals surface area contributed by atoms with Gasteiger partial charge in [-0.2, -0.15) is 8.62 Å². The molecule has 15 nitrogen and oxygen atoms in total. The summed E-state index contributed by atoms with van der Waals surface area (Å²) in [5.74, 6) is -4.44. The van der Waals surface area contributed by atoms with Crippen LogP contribution in [0.4, 0.5) is 8.78 Å². The second-order valence-corrected chi connectivity index (χ2v) is 10.8. The maximum absolute atomic E-state index is 15.1. The van der Waals surface area contributed by atoms with Gasteiger partial charge in [0.25, 0.3) is 11.8 Å². The van der Waals surface area contributed by atoms with E-state index in [4.69, 9.17) is 19.4 Å². The molecule has 0 saturated carbocycles. The van der Waals surface area contributed by atoms with Crippen LogP contribution in [0.2, 0.25) is 0 Å². The Morgan fingerprint density at radius 2 is 1.81 bits per heavy atom. The number of nitrogens with one attached hydrogen (secondary N) is 1. The second-order valence-electron chi connectivity index (χ2n) is 6.33. The Balaban J connectivity index is 2.16. The van der Waals surface area contributed by atoms with E-state index in [1.165, 1.54) is 0 Å². The van der Waals surface area contributed by atoms with Gasteiger partial charge < -0.3 is 39.6 Å². The Kier molecular flexibility index (Phi) is 7.08. The summed E-state index contributed by atoms with van der Waals surface area (Å²) in [6.45, 7) is 2.34. The third kappa shape index (κ3) is 6.26. The molecule has 2 aliphatic heterocycles. The summed E-state index contributed by atoms with van der Waals surface area (Å²) in [5, 5.41) is 12.2. The summed E-state index contributed by atoms with van der Waals surface area (Å²) in [7, 11) is -17.3. The SMILES string of the molecule is C=C1NC(=O)C=CN1[C@@H]1O[C@](F)(COP(=O)(O)OP(=O)(O)OP(=O)(O)O)[C@@H](O)[C@@]1(C)F. The van der Waals surface area contributed by atoms with Crippen molar-refractivity contribution in [2.24, 2.45) is 0 Å². The first-order chi connectivity index (χ1) is 13.8. The van der Waals surface area contributed by atoms with Gasteiger partial charge in [0.2, 0.25) is 0 Å². The van der Waals surface area contributed by atoms with Gasteiger partial charge in [-0.3, -0.25) is 9.32 Å². The number of amides is 1. The van der Waals surface area contributed by atoms with Crippen molar-refractivity contribution >= 4 is 29.4 Å². The highest BCUT2D eigenvalue weighted by Crippen LogP contribution is 2.66. The zero-order valence-electron chi connectivity index (χ0n) is 15.3. The number of aliphatic hydroxyl groups is 1. The number of carbonyl (C=O) groups is 1. The first kappa shape index (κ1) is 26.2. The number of ether oxygens (including phenoxy) is 1. The molecule has 2 rings (SSSR count). The summed E-state index contributed by atoms with van der Waals surface area (Å²) in [6.07, 6.45) is -2.77. The van der Waals surface area contributed by atoms with Gasteiger partial charge in [-0.05, 0) is 6.92 Å². The van der Waals surface area contributed by atoms with Crippen molar-refractivity contribution in [1.29, 1.82) is 0 Å². The molecular weight excluding hydrogens is 499 g/mol. The minimum absolute atomic E-state index is 0.259. The lowest BCUT2D eigenvalue weighted by Gasteiger charge is -2.35. The van der Waals surface area contributed by atoms with E-state index in [2.05, 4.69) is 25.0 Å². The van der Waals surface area contributed by atoms with E-state index in [1.807, 2.05) is 0 Å². The number of alkyl halides is 2. The largest absolute Gasteiger partial charge is 0.490 e. The van der Waals surface area contributed by atoms with Crippen molar-refractivity contribution in [2.45, 2.75) is 30.8 Å². The zero-order chi connectivity index (χ0) is 24.0. The van der Waals surface area contributed by atoms with Crippen LogP contribution in [0.1, 0.15) is 6.92 Å². The van der Waals surface area contributed by atoms with E-state index in [0.29, 0.717) is 6.92 Å². The average molecular weight is 516 g/mol. The van der Waals surface area contributed by atoms with Crippen LogP contribution in [-0.4, -0.2) is 65.9 Å². The first-order valence-corrected chi connectivity index (χ1v) is 12.3. The predicted octanol–water partition coefficient (Wildman–Crippen LogP) is -0.142. The quantitative estimate of drug-likeness (QED) is 0.231. The van der Waals surface area contributed by atoms with Gasteiger partial charge >= 0.3 is 23.5 Å². The third-order valence-electron chi connectivity index (χ3n) is 3.79. The van der Waals surface area contributed by atoms with Crippen LogP contribution in [0.25, 0.3) is 0 Å².